The standard InChI is InChI=1S/C22H24FN3O2/c23-18-8-6-17(7-9-18)22(28)26-13-19(16-4-5-16)20(14-26)25-21(27)10-3-15-2-1-11-24-12-15/h1-2,6-9,11-12,16,19-20H,3-5,10,13-14H2,(H,25,27)/t19-,20+/m1/s1. The van der Waals surface area contributed by atoms with Gasteiger partial charge in [-0.1, -0.05) is 6.07 Å². The minimum absolute atomic E-state index is 0.00980. The zero-order chi connectivity index (χ0) is 19.5. The highest BCUT2D eigenvalue weighted by Gasteiger charge is 2.44. The van der Waals surface area contributed by atoms with Crippen LogP contribution in [0.25, 0.3) is 0 Å². The van der Waals surface area contributed by atoms with E-state index in [0.29, 0.717) is 43.3 Å². The predicted molar refractivity (Wildman–Crippen MR) is 103 cm³/mol. The maximum absolute atomic E-state index is 13.1. The maximum Gasteiger partial charge on any atom is 0.253 e. The lowest BCUT2D eigenvalue weighted by Gasteiger charge is -2.19. The van der Waals surface area contributed by atoms with Gasteiger partial charge in [-0.25, -0.2) is 4.39 Å². The fourth-order valence-electron chi connectivity index (χ4n) is 4.01. The lowest BCUT2D eigenvalue weighted by Crippen LogP contribution is -2.41. The van der Waals surface area contributed by atoms with Crippen molar-refractivity contribution < 1.29 is 14.0 Å². The first-order chi connectivity index (χ1) is 13.6. The molecule has 2 amide bonds. The first-order valence-electron chi connectivity index (χ1n) is 9.83. The molecule has 0 bridgehead atoms. The minimum atomic E-state index is -0.354. The van der Waals surface area contributed by atoms with Crippen LogP contribution < -0.4 is 5.32 Å². The van der Waals surface area contributed by atoms with Crippen molar-refractivity contribution in [1.82, 2.24) is 15.2 Å². The van der Waals surface area contributed by atoms with E-state index < -0.39 is 0 Å². The van der Waals surface area contributed by atoms with Crippen LogP contribution in [0.2, 0.25) is 0 Å². The Kier molecular flexibility index (Phi) is 5.37. The van der Waals surface area contributed by atoms with E-state index in [2.05, 4.69) is 10.3 Å². The van der Waals surface area contributed by atoms with Crippen molar-refractivity contribution in [3.05, 3.63) is 65.7 Å². The van der Waals surface area contributed by atoms with Crippen molar-refractivity contribution in [2.75, 3.05) is 13.1 Å². The van der Waals surface area contributed by atoms with Gasteiger partial charge in [-0.05, 0) is 61.1 Å². The number of nitrogens with zero attached hydrogens (tertiary/aromatic N) is 2. The van der Waals surface area contributed by atoms with Crippen LogP contribution >= 0.6 is 0 Å². The molecule has 2 heterocycles. The predicted octanol–water partition coefficient (Wildman–Crippen LogP) is 2.82. The number of aryl methyl sites for hydroxylation is 1. The quantitative estimate of drug-likeness (QED) is 0.837. The lowest BCUT2D eigenvalue weighted by atomic mass is 9.98. The summed E-state index contributed by atoms with van der Waals surface area (Å²) in [5.41, 5.74) is 1.52. The summed E-state index contributed by atoms with van der Waals surface area (Å²) in [5.74, 6) is 0.433. The smallest absolute Gasteiger partial charge is 0.253 e. The lowest BCUT2D eigenvalue weighted by molar-refractivity contribution is -0.122. The molecule has 6 heteroatoms. The Morgan fingerprint density at radius 3 is 2.61 bits per heavy atom. The highest BCUT2D eigenvalue weighted by molar-refractivity contribution is 5.94. The van der Waals surface area contributed by atoms with Crippen molar-refractivity contribution in [1.29, 1.82) is 0 Å². The second kappa shape index (κ2) is 8.09. The number of halogens is 1. The molecule has 1 saturated carbocycles. The fourth-order valence-corrected chi connectivity index (χ4v) is 4.01. The average Bonchev–Trinajstić information content (AvgIpc) is 3.48. The number of nitrogens with one attached hydrogen (secondary N) is 1. The summed E-state index contributed by atoms with van der Waals surface area (Å²) < 4.78 is 13.1. The average molecular weight is 381 g/mol. The number of rotatable bonds is 6. The van der Waals surface area contributed by atoms with Crippen LogP contribution in [0, 0.1) is 17.7 Å². The molecule has 1 N–H and O–H groups in total. The topological polar surface area (TPSA) is 62.3 Å². The first-order valence-corrected chi connectivity index (χ1v) is 9.83. The van der Waals surface area contributed by atoms with Crippen LogP contribution in [0.4, 0.5) is 4.39 Å². The normalized spacial score (nSPS) is 21.5. The third-order valence-corrected chi connectivity index (χ3v) is 5.68. The van der Waals surface area contributed by atoms with E-state index in [-0.39, 0.29) is 23.7 Å². The molecule has 5 nitrogen and oxygen atoms in total. The molecule has 4 rings (SSSR count). The summed E-state index contributed by atoms with van der Waals surface area (Å²) in [7, 11) is 0. The Balaban J connectivity index is 1.36. The summed E-state index contributed by atoms with van der Waals surface area (Å²) in [6.45, 7) is 1.16. The highest BCUT2D eigenvalue weighted by atomic mass is 19.1. The number of aromatic nitrogens is 1. The maximum atomic E-state index is 13.1. The Hall–Kier alpha value is -2.76. The van der Waals surface area contributed by atoms with Gasteiger partial charge < -0.3 is 10.2 Å². The summed E-state index contributed by atoms with van der Waals surface area (Å²) >= 11 is 0. The zero-order valence-electron chi connectivity index (χ0n) is 15.7. The summed E-state index contributed by atoms with van der Waals surface area (Å²) in [4.78, 5) is 31.1. The van der Waals surface area contributed by atoms with Gasteiger partial charge in [-0.15, -0.1) is 0 Å². The van der Waals surface area contributed by atoms with Gasteiger partial charge in [0.2, 0.25) is 5.91 Å². The SMILES string of the molecule is O=C(CCc1cccnc1)N[C@H]1CN(C(=O)c2ccc(F)cc2)C[C@@H]1C1CC1. The molecule has 1 aromatic carbocycles. The molecule has 1 aliphatic heterocycles. The van der Waals surface area contributed by atoms with E-state index in [1.54, 1.807) is 17.3 Å². The van der Waals surface area contributed by atoms with Crippen LogP contribution in [-0.4, -0.2) is 40.8 Å². The van der Waals surface area contributed by atoms with Gasteiger partial charge >= 0.3 is 0 Å². The van der Waals surface area contributed by atoms with Crippen LogP contribution in [0.15, 0.2) is 48.8 Å². The molecule has 2 fully saturated rings. The molecule has 2 aliphatic rings. The van der Waals surface area contributed by atoms with E-state index in [1.165, 1.54) is 24.3 Å². The van der Waals surface area contributed by atoms with Crippen LogP contribution in [-0.2, 0) is 11.2 Å². The second-order valence-electron chi connectivity index (χ2n) is 7.75. The van der Waals surface area contributed by atoms with E-state index in [0.717, 1.165) is 18.4 Å². The molecule has 0 radical (unpaired) electrons. The molecular formula is C22H24FN3O2. The number of benzene rings is 1. The van der Waals surface area contributed by atoms with E-state index >= 15 is 0 Å². The van der Waals surface area contributed by atoms with Gasteiger partial charge in [-0.3, -0.25) is 14.6 Å². The Labute approximate surface area is 164 Å². The number of hydrogen-bond donors (Lipinski definition) is 1. The molecule has 1 aromatic heterocycles. The molecule has 2 aromatic rings. The van der Waals surface area contributed by atoms with Gasteiger partial charge in [-0.2, -0.15) is 0 Å². The summed E-state index contributed by atoms with van der Waals surface area (Å²) in [5, 5.41) is 3.15. The Bertz CT molecular complexity index is 837. The van der Waals surface area contributed by atoms with E-state index in [4.69, 9.17) is 0 Å². The fraction of sp³-hybridized carbons (Fsp3) is 0.409. The zero-order valence-corrected chi connectivity index (χ0v) is 15.7. The molecule has 0 unspecified atom stereocenters. The van der Waals surface area contributed by atoms with Gasteiger partial charge in [0.25, 0.3) is 5.91 Å². The van der Waals surface area contributed by atoms with Gasteiger partial charge in [0.1, 0.15) is 5.82 Å². The molecule has 2 atom stereocenters. The van der Waals surface area contributed by atoms with Crippen LogP contribution in [0.5, 0.6) is 0 Å². The number of carbonyl (C=O) groups excluding carboxylic acids is 2. The summed E-state index contributed by atoms with van der Waals surface area (Å²) in [6.07, 6.45) is 6.87. The molecular weight excluding hydrogens is 357 g/mol. The van der Waals surface area contributed by atoms with Crippen LogP contribution in [0.3, 0.4) is 0 Å². The second-order valence-corrected chi connectivity index (χ2v) is 7.75. The van der Waals surface area contributed by atoms with Gasteiger partial charge in [0, 0.05) is 43.4 Å². The van der Waals surface area contributed by atoms with E-state index in [1.807, 2.05) is 12.1 Å². The number of carbonyl (C=O) groups is 2. The largest absolute Gasteiger partial charge is 0.351 e. The Morgan fingerprint density at radius 2 is 1.93 bits per heavy atom. The molecule has 1 saturated heterocycles. The van der Waals surface area contributed by atoms with Crippen molar-refractivity contribution in [3.8, 4) is 0 Å². The minimum Gasteiger partial charge on any atom is -0.351 e. The van der Waals surface area contributed by atoms with E-state index in [9.17, 15) is 14.0 Å². The molecule has 0 spiro atoms. The first kappa shape index (κ1) is 18.6. The van der Waals surface area contributed by atoms with Gasteiger partial charge in [0.05, 0.1) is 6.04 Å². The third-order valence-electron chi connectivity index (χ3n) is 5.68. The van der Waals surface area contributed by atoms with Crippen molar-refractivity contribution in [2.45, 2.75) is 31.7 Å². The molecule has 1 aliphatic carbocycles. The van der Waals surface area contributed by atoms with Crippen molar-refractivity contribution >= 4 is 11.8 Å². The number of hydrogen-bond acceptors (Lipinski definition) is 3. The monoisotopic (exact) mass is 381 g/mol. The third kappa shape index (κ3) is 4.38. The van der Waals surface area contributed by atoms with Gasteiger partial charge in [0.15, 0.2) is 0 Å². The number of amides is 2. The molecule has 146 valence electrons. The number of likely N-dealkylation sites (tertiary alicyclic amines) is 1. The van der Waals surface area contributed by atoms with Crippen LogP contribution in [0.1, 0.15) is 35.2 Å². The Morgan fingerprint density at radius 1 is 1.14 bits per heavy atom. The highest BCUT2D eigenvalue weighted by Crippen LogP contribution is 2.41. The van der Waals surface area contributed by atoms with Crippen molar-refractivity contribution in [2.24, 2.45) is 11.8 Å². The number of pyridine rings is 1. The molecule has 28 heavy (non-hydrogen) atoms. The summed E-state index contributed by atoms with van der Waals surface area (Å²) in [6, 6.07) is 9.46. The van der Waals surface area contributed by atoms with Crippen molar-refractivity contribution in [3.63, 3.8) is 0 Å².